The molecule has 2 rings (SSSR count). The largest absolute Gasteiger partial charge is 1.00 e. The summed E-state index contributed by atoms with van der Waals surface area (Å²) in [6.07, 6.45) is 1.74. The Kier molecular flexibility index (Phi) is 6.17. The molecule has 108 valence electrons. The standard InChI is InChI=1S/C14H16ClN3S.BrH/c1-14(2,3)12-9-19-13(17-12)18-16-8-10-4-6-11(15)7-5-10;/h4-9H,1-3H3,(H,17,18);1H/p-1/b16-8+;. The van der Waals surface area contributed by atoms with Crippen molar-refractivity contribution in [1.29, 1.82) is 0 Å². The van der Waals surface area contributed by atoms with Gasteiger partial charge in [-0.05, 0) is 17.7 Å². The van der Waals surface area contributed by atoms with E-state index in [0.29, 0.717) is 0 Å². The van der Waals surface area contributed by atoms with Gasteiger partial charge in [-0.1, -0.05) is 44.5 Å². The highest BCUT2D eigenvalue weighted by atomic mass is 79.9. The van der Waals surface area contributed by atoms with Gasteiger partial charge in [0.2, 0.25) is 5.13 Å². The number of aromatic nitrogens is 1. The molecular formula is C14H16BrClN3S-. The molecule has 0 aliphatic heterocycles. The van der Waals surface area contributed by atoms with E-state index in [1.165, 1.54) is 0 Å². The van der Waals surface area contributed by atoms with Gasteiger partial charge in [-0.2, -0.15) is 5.10 Å². The van der Waals surface area contributed by atoms with Gasteiger partial charge in [-0.3, -0.25) is 5.43 Å². The Morgan fingerprint density at radius 2 is 1.90 bits per heavy atom. The summed E-state index contributed by atoms with van der Waals surface area (Å²) in [5.74, 6) is 0. The second kappa shape index (κ2) is 7.20. The molecule has 0 fully saturated rings. The lowest BCUT2D eigenvalue weighted by molar-refractivity contribution is -0.00000416. The molecule has 0 saturated carbocycles. The summed E-state index contributed by atoms with van der Waals surface area (Å²) in [6, 6.07) is 7.50. The maximum Gasteiger partial charge on any atom is 0.203 e. The molecule has 0 saturated heterocycles. The summed E-state index contributed by atoms with van der Waals surface area (Å²) in [6.45, 7) is 6.43. The fraction of sp³-hybridized carbons (Fsp3) is 0.286. The van der Waals surface area contributed by atoms with Gasteiger partial charge in [0.1, 0.15) is 0 Å². The number of hydrazone groups is 1. The number of benzene rings is 1. The van der Waals surface area contributed by atoms with E-state index in [1.54, 1.807) is 17.6 Å². The fourth-order valence-corrected chi connectivity index (χ4v) is 2.39. The highest BCUT2D eigenvalue weighted by molar-refractivity contribution is 7.13. The summed E-state index contributed by atoms with van der Waals surface area (Å²) in [5.41, 5.74) is 5.07. The van der Waals surface area contributed by atoms with Crippen LogP contribution in [0.5, 0.6) is 0 Å². The van der Waals surface area contributed by atoms with Crippen LogP contribution >= 0.6 is 22.9 Å². The SMILES string of the molecule is CC(C)(C)c1csc(N/N=C/c2ccc(Cl)cc2)n1.[Br-]. The van der Waals surface area contributed by atoms with E-state index in [-0.39, 0.29) is 22.4 Å². The lowest BCUT2D eigenvalue weighted by atomic mass is 9.93. The number of hydrogen-bond donors (Lipinski definition) is 1. The van der Waals surface area contributed by atoms with Crippen LogP contribution in [0.1, 0.15) is 32.0 Å². The highest BCUT2D eigenvalue weighted by Crippen LogP contribution is 2.26. The van der Waals surface area contributed by atoms with Crippen molar-refractivity contribution in [2.45, 2.75) is 26.2 Å². The molecule has 1 aromatic heterocycles. The third-order valence-corrected chi connectivity index (χ3v) is 3.52. The summed E-state index contributed by atoms with van der Waals surface area (Å²) >= 11 is 7.38. The van der Waals surface area contributed by atoms with Crippen LogP contribution in [-0.2, 0) is 5.41 Å². The van der Waals surface area contributed by atoms with E-state index < -0.39 is 0 Å². The van der Waals surface area contributed by atoms with Crippen LogP contribution in [-0.4, -0.2) is 11.2 Å². The number of nitrogens with zero attached hydrogens (tertiary/aromatic N) is 2. The summed E-state index contributed by atoms with van der Waals surface area (Å²) in [5, 5.41) is 7.75. The van der Waals surface area contributed by atoms with Gasteiger partial charge in [0.15, 0.2) is 0 Å². The molecule has 0 spiro atoms. The van der Waals surface area contributed by atoms with Crippen molar-refractivity contribution in [3.63, 3.8) is 0 Å². The molecule has 2 aromatic rings. The van der Waals surface area contributed by atoms with Gasteiger partial charge >= 0.3 is 0 Å². The topological polar surface area (TPSA) is 37.3 Å². The van der Waals surface area contributed by atoms with Crippen molar-refractivity contribution in [3.05, 3.63) is 45.9 Å². The molecule has 0 atom stereocenters. The molecule has 0 amide bonds. The van der Waals surface area contributed by atoms with Crippen LogP contribution in [0.2, 0.25) is 5.02 Å². The zero-order valence-corrected chi connectivity index (χ0v) is 14.7. The van der Waals surface area contributed by atoms with Crippen molar-refractivity contribution in [1.82, 2.24) is 4.98 Å². The molecule has 1 aromatic carbocycles. The van der Waals surface area contributed by atoms with E-state index in [9.17, 15) is 0 Å². The molecule has 0 bridgehead atoms. The van der Waals surface area contributed by atoms with Crippen LogP contribution in [0.3, 0.4) is 0 Å². The van der Waals surface area contributed by atoms with Crippen molar-refractivity contribution in [3.8, 4) is 0 Å². The quantitative estimate of drug-likeness (QED) is 0.655. The lowest BCUT2D eigenvalue weighted by Crippen LogP contribution is -3.00. The number of rotatable bonds is 3. The first-order valence-electron chi connectivity index (χ1n) is 5.96. The van der Waals surface area contributed by atoms with Gasteiger partial charge in [0.05, 0.1) is 11.9 Å². The van der Waals surface area contributed by atoms with E-state index in [2.05, 4.69) is 41.7 Å². The number of thiazole rings is 1. The first kappa shape index (κ1) is 17.1. The van der Waals surface area contributed by atoms with Gasteiger partial charge < -0.3 is 17.0 Å². The van der Waals surface area contributed by atoms with Gasteiger partial charge in [0, 0.05) is 15.8 Å². The zero-order chi connectivity index (χ0) is 13.9. The van der Waals surface area contributed by atoms with Crippen molar-refractivity contribution >= 4 is 34.3 Å². The predicted molar refractivity (Wildman–Crippen MR) is 83.5 cm³/mol. The summed E-state index contributed by atoms with van der Waals surface area (Å²) < 4.78 is 0. The average molecular weight is 374 g/mol. The van der Waals surface area contributed by atoms with E-state index in [0.717, 1.165) is 21.4 Å². The number of halogens is 2. The van der Waals surface area contributed by atoms with E-state index in [4.69, 9.17) is 11.6 Å². The molecule has 0 unspecified atom stereocenters. The number of hydrogen-bond acceptors (Lipinski definition) is 4. The molecule has 3 nitrogen and oxygen atoms in total. The Morgan fingerprint density at radius 1 is 1.25 bits per heavy atom. The summed E-state index contributed by atoms with van der Waals surface area (Å²) in [4.78, 5) is 4.50. The maximum atomic E-state index is 5.82. The second-order valence-electron chi connectivity index (χ2n) is 5.21. The first-order chi connectivity index (χ1) is 8.95. The Labute approximate surface area is 138 Å². The fourth-order valence-electron chi connectivity index (χ4n) is 1.38. The van der Waals surface area contributed by atoms with Crippen molar-refractivity contribution in [2.75, 3.05) is 5.43 Å². The molecule has 0 radical (unpaired) electrons. The smallest absolute Gasteiger partial charge is 0.203 e. The van der Waals surface area contributed by atoms with Crippen LogP contribution in [0.4, 0.5) is 5.13 Å². The van der Waals surface area contributed by atoms with E-state index >= 15 is 0 Å². The third kappa shape index (κ3) is 4.89. The minimum atomic E-state index is 0. The Balaban J connectivity index is 0.00000200. The lowest BCUT2D eigenvalue weighted by Gasteiger charge is -2.13. The average Bonchev–Trinajstić information content (AvgIpc) is 2.80. The second-order valence-corrected chi connectivity index (χ2v) is 6.50. The summed E-state index contributed by atoms with van der Waals surface area (Å²) in [7, 11) is 0. The van der Waals surface area contributed by atoms with Crippen LogP contribution in [0, 0.1) is 0 Å². The van der Waals surface area contributed by atoms with E-state index in [1.807, 2.05) is 24.3 Å². The van der Waals surface area contributed by atoms with Crippen molar-refractivity contribution in [2.24, 2.45) is 5.10 Å². The number of anilines is 1. The maximum absolute atomic E-state index is 5.82. The Morgan fingerprint density at radius 3 is 2.45 bits per heavy atom. The van der Waals surface area contributed by atoms with Crippen LogP contribution < -0.4 is 22.4 Å². The molecule has 6 heteroatoms. The normalized spacial score (nSPS) is 11.4. The molecule has 1 heterocycles. The van der Waals surface area contributed by atoms with Gasteiger partial charge in [-0.15, -0.1) is 11.3 Å². The minimum absolute atomic E-state index is 0. The molecule has 20 heavy (non-hydrogen) atoms. The third-order valence-electron chi connectivity index (χ3n) is 2.52. The molecule has 1 N–H and O–H groups in total. The first-order valence-corrected chi connectivity index (χ1v) is 7.21. The van der Waals surface area contributed by atoms with Crippen LogP contribution in [0.15, 0.2) is 34.7 Å². The molecule has 0 aliphatic carbocycles. The van der Waals surface area contributed by atoms with Crippen LogP contribution in [0.25, 0.3) is 0 Å². The van der Waals surface area contributed by atoms with Gasteiger partial charge in [-0.25, -0.2) is 4.98 Å². The molecule has 0 aliphatic rings. The monoisotopic (exact) mass is 372 g/mol. The molecular weight excluding hydrogens is 358 g/mol. The predicted octanol–water partition coefficient (Wildman–Crippen LogP) is 1.54. The Hall–Kier alpha value is -0.910. The minimum Gasteiger partial charge on any atom is -1.00 e. The van der Waals surface area contributed by atoms with Gasteiger partial charge in [0.25, 0.3) is 0 Å². The Bertz CT molecular complexity index is 573. The number of nitrogens with one attached hydrogen (secondary N) is 1. The van der Waals surface area contributed by atoms with Crippen molar-refractivity contribution < 1.29 is 17.0 Å². The highest BCUT2D eigenvalue weighted by Gasteiger charge is 2.17. The zero-order valence-electron chi connectivity index (χ0n) is 11.5.